The number of hydrogen-bond acceptors (Lipinski definition) is 8. The van der Waals surface area contributed by atoms with Gasteiger partial charge in [-0.05, 0) is 24.3 Å². The third-order valence-corrected chi connectivity index (χ3v) is 2.59. The normalized spacial score (nSPS) is 9.23. The third kappa shape index (κ3) is 5.37. The molecule has 14 nitrogen and oxygen atoms in total. The number of benzene rings is 2. The SMILES string of the molecule is O=[N+]([O-])N(c1ccccc1)[N+](=O)[O-].O=[N+]([O-])N(c1ccccc1)[N+](=O)[O-]. The monoisotopic (exact) mass is 366 g/mol. The van der Waals surface area contributed by atoms with Crippen LogP contribution in [-0.4, -0.2) is 20.1 Å². The van der Waals surface area contributed by atoms with E-state index < -0.39 is 20.1 Å². The van der Waals surface area contributed by atoms with E-state index in [0.29, 0.717) is 0 Å². The van der Waals surface area contributed by atoms with E-state index in [4.69, 9.17) is 0 Å². The fourth-order valence-electron chi connectivity index (χ4n) is 1.62. The van der Waals surface area contributed by atoms with Gasteiger partial charge in [-0.2, -0.15) is 0 Å². The number of para-hydroxylation sites is 2. The lowest BCUT2D eigenvalue weighted by Crippen LogP contribution is -2.35. The van der Waals surface area contributed by atoms with E-state index in [1.165, 1.54) is 48.5 Å². The average molecular weight is 366 g/mol. The number of rotatable bonds is 6. The molecule has 26 heavy (non-hydrogen) atoms. The highest BCUT2D eigenvalue weighted by Gasteiger charge is 2.30. The van der Waals surface area contributed by atoms with Crippen molar-refractivity contribution in [1.29, 1.82) is 0 Å². The van der Waals surface area contributed by atoms with Gasteiger partial charge in [0.1, 0.15) is 0 Å². The van der Waals surface area contributed by atoms with E-state index in [0.717, 1.165) is 0 Å². The molecule has 0 spiro atoms. The molecule has 0 amide bonds. The first-order valence-corrected chi connectivity index (χ1v) is 6.53. The highest BCUT2D eigenvalue weighted by molar-refractivity contribution is 5.40. The summed E-state index contributed by atoms with van der Waals surface area (Å²) >= 11 is 0. The maximum Gasteiger partial charge on any atom is 0.228 e. The molecule has 0 aromatic heterocycles. The lowest BCUT2D eigenvalue weighted by molar-refractivity contribution is -0.712. The molecular formula is C12H10N6O8. The molecule has 0 saturated carbocycles. The van der Waals surface area contributed by atoms with E-state index in [9.17, 15) is 40.5 Å². The standard InChI is InChI=1S/2C6H5N3O4/c2*10-8(11)7(9(12)13)6-4-2-1-3-5-6/h2*1-5H. The van der Waals surface area contributed by atoms with Crippen LogP contribution in [0.1, 0.15) is 0 Å². The quantitative estimate of drug-likeness (QED) is 0.539. The summed E-state index contributed by atoms with van der Waals surface area (Å²) in [6.45, 7) is 0. The first kappa shape index (κ1) is 19.7. The Hall–Kier alpha value is -4.36. The summed E-state index contributed by atoms with van der Waals surface area (Å²) in [5.74, 6) is 0. The largest absolute Gasteiger partial charge is 0.230 e. The fraction of sp³-hybridized carbons (Fsp3) is 0. The Morgan fingerprint density at radius 1 is 0.500 bits per heavy atom. The lowest BCUT2D eigenvalue weighted by atomic mass is 10.3. The van der Waals surface area contributed by atoms with Gasteiger partial charge in [0.05, 0.1) is 0 Å². The summed E-state index contributed by atoms with van der Waals surface area (Å²) in [6, 6.07) is 14.3. The number of anilines is 2. The van der Waals surface area contributed by atoms with Crippen molar-refractivity contribution in [2.24, 2.45) is 0 Å². The number of hydrazine groups is 4. The highest BCUT2D eigenvalue weighted by Crippen LogP contribution is 2.13. The topological polar surface area (TPSA) is 179 Å². The molecule has 0 aliphatic heterocycles. The van der Waals surface area contributed by atoms with Crippen LogP contribution in [0.25, 0.3) is 0 Å². The van der Waals surface area contributed by atoms with Crippen LogP contribution in [0.5, 0.6) is 0 Å². The molecule has 0 fully saturated rings. The average Bonchev–Trinajstić information content (AvgIpc) is 2.56. The van der Waals surface area contributed by atoms with E-state index in [-0.39, 0.29) is 21.6 Å². The molecule has 0 N–H and O–H groups in total. The van der Waals surface area contributed by atoms with Crippen molar-refractivity contribution in [3.63, 3.8) is 0 Å². The molecule has 0 aliphatic carbocycles. The minimum atomic E-state index is -1.09. The van der Waals surface area contributed by atoms with Gasteiger partial charge in [0.15, 0.2) is 21.6 Å². The summed E-state index contributed by atoms with van der Waals surface area (Å²) < 4.78 is 0. The van der Waals surface area contributed by atoms with Crippen molar-refractivity contribution in [3.05, 3.63) is 101 Å². The second-order valence-corrected chi connectivity index (χ2v) is 4.20. The first-order valence-electron chi connectivity index (χ1n) is 6.53. The molecule has 2 rings (SSSR count). The maximum absolute atomic E-state index is 10.2. The zero-order chi connectivity index (χ0) is 19.7. The van der Waals surface area contributed by atoms with Crippen LogP contribution in [0.3, 0.4) is 0 Å². The van der Waals surface area contributed by atoms with E-state index >= 15 is 0 Å². The van der Waals surface area contributed by atoms with Crippen LogP contribution in [0.2, 0.25) is 0 Å². The van der Waals surface area contributed by atoms with Gasteiger partial charge in [-0.15, -0.1) is 0 Å². The smallest absolute Gasteiger partial charge is 0.228 e. The molecule has 0 heterocycles. The summed E-state index contributed by atoms with van der Waals surface area (Å²) in [7, 11) is 0. The number of nitrogens with zero attached hydrogens (tertiary/aromatic N) is 6. The van der Waals surface area contributed by atoms with Crippen LogP contribution in [0, 0.1) is 40.5 Å². The Bertz CT molecular complexity index is 691. The van der Waals surface area contributed by atoms with Gasteiger partial charge in [-0.1, -0.05) is 36.4 Å². The van der Waals surface area contributed by atoms with Gasteiger partial charge < -0.3 is 0 Å². The van der Waals surface area contributed by atoms with Gasteiger partial charge in [0.25, 0.3) is 0 Å². The van der Waals surface area contributed by atoms with Gasteiger partial charge in [-0.25, -0.2) is 40.5 Å². The Balaban J connectivity index is 0.000000260. The first-order chi connectivity index (χ1) is 12.3. The molecular weight excluding hydrogens is 356 g/mol. The lowest BCUT2D eigenvalue weighted by Gasteiger charge is -2.01. The van der Waals surface area contributed by atoms with Crippen molar-refractivity contribution >= 4 is 11.4 Å². The zero-order valence-corrected chi connectivity index (χ0v) is 12.7. The molecule has 14 heteroatoms. The van der Waals surface area contributed by atoms with Crippen molar-refractivity contribution in [2.45, 2.75) is 0 Å². The Morgan fingerprint density at radius 2 is 0.731 bits per heavy atom. The number of hydrogen-bond donors (Lipinski definition) is 0. The van der Waals surface area contributed by atoms with E-state index in [1.54, 1.807) is 12.1 Å². The second kappa shape index (κ2) is 9.06. The molecule has 0 unspecified atom stereocenters. The Morgan fingerprint density at radius 3 is 0.923 bits per heavy atom. The van der Waals surface area contributed by atoms with Gasteiger partial charge in [0.2, 0.25) is 20.1 Å². The van der Waals surface area contributed by atoms with Crippen molar-refractivity contribution in [1.82, 2.24) is 0 Å². The molecule has 0 radical (unpaired) electrons. The Kier molecular flexibility index (Phi) is 6.86. The minimum absolute atomic E-state index is 0.0856. The summed E-state index contributed by atoms with van der Waals surface area (Å²) in [4.78, 5) is 40.9. The molecule has 0 aliphatic rings. The Labute approximate surface area is 144 Å². The van der Waals surface area contributed by atoms with Gasteiger partial charge >= 0.3 is 0 Å². The van der Waals surface area contributed by atoms with E-state index in [1.807, 2.05) is 0 Å². The third-order valence-electron chi connectivity index (χ3n) is 2.59. The summed E-state index contributed by atoms with van der Waals surface area (Å²) in [5.41, 5.74) is -0.171. The van der Waals surface area contributed by atoms with E-state index in [2.05, 4.69) is 0 Å². The van der Waals surface area contributed by atoms with Crippen molar-refractivity contribution in [3.8, 4) is 0 Å². The van der Waals surface area contributed by atoms with Crippen molar-refractivity contribution < 1.29 is 20.1 Å². The second-order valence-electron chi connectivity index (χ2n) is 4.20. The molecule has 2 aromatic carbocycles. The molecule has 0 bridgehead atoms. The van der Waals surface area contributed by atoms with Crippen LogP contribution in [0.4, 0.5) is 11.4 Å². The predicted octanol–water partition coefficient (Wildman–Crippen LogP) is 1.75. The molecule has 0 saturated heterocycles. The molecule has 2 aromatic rings. The maximum atomic E-state index is 10.2. The fourth-order valence-corrected chi connectivity index (χ4v) is 1.62. The number of nitro groups is 4. The summed E-state index contributed by atoms with van der Waals surface area (Å²) in [6.07, 6.45) is 0. The van der Waals surface area contributed by atoms with Gasteiger partial charge in [0, 0.05) is 0 Å². The highest BCUT2D eigenvalue weighted by atomic mass is 16.8. The molecule has 0 atom stereocenters. The zero-order valence-electron chi connectivity index (χ0n) is 12.7. The molecule has 136 valence electrons. The van der Waals surface area contributed by atoms with Crippen LogP contribution >= 0.6 is 0 Å². The van der Waals surface area contributed by atoms with Crippen molar-refractivity contribution in [2.75, 3.05) is 10.2 Å². The van der Waals surface area contributed by atoms with Crippen LogP contribution in [-0.2, 0) is 0 Å². The van der Waals surface area contributed by atoms with Crippen LogP contribution in [0.15, 0.2) is 60.7 Å². The predicted molar refractivity (Wildman–Crippen MR) is 85.8 cm³/mol. The van der Waals surface area contributed by atoms with Gasteiger partial charge in [-0.3, -0.25) is 0 Å². The minimum Gasteiger partial charge on any atom is -0.230 e. The summed E-state index contributed by atoms with van der Waals surface area (Å²) in [5, 5.41) is 36.3. The van der Waals surface area contributed by atoms with Crippen LogP contribution < -0.4 is 10.2 Å².